The van der Waals surface area contributed by atoms with Crippen LogP contribution in [0.1, 0.15) is 13.3 Å². The molecule has 0 aliphatic carbocycles. The molecule has 0 bridgehead atoms. The van der Waals surface area contributed by atoms with Gasteiger partial charge in [-0.15, -0.1) is 11.3 Å². The Labute approximate surface area is 141 Å². The lowest BCUT2D eigenvalue weighted by atomic mass is 10.0. The van der Waals surface area contributed by atoms with E-state index in [1.807, 2.05) is 0 Å². The van der Waals surface area contributed by atoms with E-state index in [0.29, 0.717) is 6.92 Å². The van der Waals surface area contributed by atoms with E-state index in [2.05, 4.69) is 0 Å². The van der Waals surface area contributed by atoms with Crippen molar-refractivity contribution in [3.63, 3.8) is 0 Å². The minimum absolute atomic E-state index is 0.000133. The SMILES string of the molecule is C[C@](O)(CC(=O)N1CCN(S(=O)(=O)c2cccs2)CC1)C(F)(F)F. The highest BCUT2D eigenvalue weighted by molar-refractivity contribution is 7.91. The van der Waals surface area contributed by atoms with Gasteiger partial charge < -0.3 is 10.0 Å². The average Bonchev–Trinajstić information content (AvgIpc) is 3.00. The summed E-state index contributed by atoms with van der Waals surface area (Å²) in [5.74, 6) is -0.856. The van der Waals surface area contributed by atoms with Gasteiger partial charge in [-0.25, -0.2) is 8.42 Å². The van der Waals surface area contributed by atoms with E-state index < -0.39 is 34.1 Å². The van der Waals surface area contributed by atoms with Gasteiger partial charge >= 0.3 is 6.18 Å². The molecule has 1 aromatic rings. The molecule has 6 nitrogen and oxygen atoms in total. The standard InChI is InChI=1S/C13H17F3N2O4S2/c1-12(20,13(14,15)16)9-10(19)17-4-6-18(7-5-17)24(21,22)11-3-2-8-23-11/h2-3,8,20H,4-7,9H2,1H3/t12-/m0/s1. The number of carbonyl (C=O) groups is 1. The molecule has 2 rings (SSSR count). The molecule has 136 valence electrons. The molecule has 0 radical (unpaired) electrons. The Kier molecular flexibility index (Phi) is 5.28. The van der Waals surface area contributed by atoms with Gasteiger partial charge in [0.05, 0.1) is 6.42 Å². The molecule has 0 unspecified atom stereocenters. The molecule has 24 heavy (non-hydrogen) atoms. The van der Waals surface area contributed by atoms with Crippen LogP contribution in [0.4, 0.5) is 13.2 Å². The quantitative estimate of drug-likeness (QED) is 0.846. The molecule has 11 heteroatoms. The van der Waals surface area contributed by atoms with Crippen molar-refractivity contribution in [2.75, 3.05) is 26.2 Å². The van der Waals surface area contributed by atoms with E-state index in [1.165, 1.54) is 10.4 Å². The smallest absolute Gasteiger partial charge is 0.380 e. The first-order valence-corrected chi connectivity index (χ1v) is 9.38. The minimum Gasteiger partial charge on any atom is -0.380 e. The maximum Gasteiger partial charge on any atom is 0.417 e. The third-order valence-corrected chi connectivity index (χ3v) is 7.06. The van der Waals surface area contributed by atoms with E-state index in [9.17, 15) is 31.5 Å². The van der Waals surface area contributed by atoms with Crippen LogP contribution in [0.2, 0.25) is 0 Å². The van der Waals surface area contributed by atoms with Crippen LogP contribution in [0.15, 0.2) is 21.7 Å². The van der Waals surface area contributed by atoms with Crippen LogP contribution in [0.3, 0.4) is 0 Å². The van der Waals surface area contributed by atoms with E-state index >= 15 is 0 Å². The summed E-state index contributed by atoms with van der Waals surface area (Å²) in [5.41, 5.74) is -3.11. The predicted octanol–water partition coefficient (Wildman–Crippen LogP) is 1.28. The summed E-state index contributed by atoms with van der Waals surface area (Å²) in [6, 6.07) is 3.08. The summed E-state index contributed by atoms with van der Waals surface area (Å²) in [7, 11) is -3.64. The van der Waals surface area contributed by atoms with Crippen LogP contribution in [0, 0.1) is 0 Å². The number of nitrogens with zero attached hydrogens (tertiary/aromatic N) is 2. The lowest BCUT2D eigenvalue weighted by Gasteiger charge is -2.35. The van der Waals surface area contributed by atoms with Crippen LogP contribution >= 0.6 is 11.3 Å². The van der Waals surface area contributed by atoms with Crippen molar-refractivity contribution in [1.82, 2.24) is 9.21 Å². The van der Waals surface area contributed by atoms with Crippen LogP contribution in [0.25, 0.3) is 0 Å². The largest absolute Gasteiger partial charge is 0.417 e. The van der Waals surface area contributed by atoms with Gasteiger partial charge in [0, 0.05) is 26.2 Å². The maximum absolute atomic E-state index is 12.6. The van der Waals surface area contributed by atoms with Crippen LogP contribution in [0.5, 0.6) is 0 Å². The van der Waals surface area contributed by atoms with E-state index in [4.69, 9.17) is 0 Å². The van der Waals surface area contributed by atoms with Crippen molar-refractivity contribution in [2.24, 2.45) is 0 Å². The third kappa shape index (κ3) is 3.90. The van der Waals surface area contributed by atoms with Gasteiger partial charge in [0.15, 0.2) is 5.60 Å². The fraction of sp³-hybridized carbons (Fsp3) is 0.615. The number of piperazine rings is 1. The Balaban J connectivity index is 1.97. The lowest BCUT2D eigenvalue weighted by molar-refractivity contribution is -0.254. The second-order valence-electron chi connectivity index (χ2n) is 5.67. The monoisotopic (exact) mass is 386 g/mol. The van der Waals surface area contributed by atoms with Gasteiger partial charge in [0.1, 0.15) is 4.21 Å². The summed E-state index contributed by atoms with van der Waals surface area (Å²) < 4.78 is 63.9. The van der Waals surface area contributed by atoms with E-state index in [-0.39, 0.29) is 30.4 Å². The van der Waals surface area contributed by atoms with Gasteiger partial charge in [-0.2, -0.15) is 17.5 Å². The van der Waals surface area contributed by atoms with E-state index in [0.717, 1.165) is 16.2 Å². The van der Waals surface area contributed by atoms with Crippen LogP contribution in [-0.2, 0) is 14.8 Å². The Morgan fingerprint density at radius 3 is 2.33 bits per heavy atom. The zero-order valence-corrected chi connectivity index (χ0v) is 14.4. The van der Waals surface area contributed by atoms with Crippen molar-refractivity contribution in [1.29, 1.82) is 0 Å². The van der Waals surface area contributed by atoms with Gasteiger partial charge in [-0.05, 0) is 18.4 Å². The normalized spacial score (nSPS) is 20.0. The van der Waals surface area contributed by atoms with Crippen molar-refractivity contribution < 1.29 is 31.5 Å². The van der Waals surface area contributed by atoms with Crippen molar-refractivity contribution in [3.8, 4) is 0 Å². The molecule has 1 aromatic heterocycles. The third-order valence-electron chi connectivity index (χ3n) is 3.79. The lowest BCUT2D eigenvalue weighted by Crippen LogP contribution is -2.53. The number of amides is 1. The molecular formula is C13H17F3N2O4S2. The molecule has 0 saturated carbocycles. The highest BCUT2D eigenvalue weighted by Gasteiger charge is 2.51. The summed E-state index contributed by atoms with van der Waals surface area (Å²) in [5, 5.41) is 11.0. The summed E-state index contributed by atoms with van der Waals surface area (Å²) in [6.07, 6.45) is -6.00. The first-order valence-electron chi connectivity index (χ1n) is 7.06. The van der Waals surface area contributed by atoms with Crippen LogP contribution < -0.4 is 0 Å². The second-order valence-corrected chi connectivity index (χ2v) is 8.78. The number of sulfonamides is 1. The predicted molar refractivity (Wildman–Crippen MR) is 81.0 cm³/mol. The molecule has 2 heterocycles. The van der Waals surface area contributed by atoms with Gasteiger partial charge in [-0.1, -0.05) is 6.07 Å². The van der Waals surface area contributed by atoms with Crippen molar-refractivity contribution in [2.45, 2.75) is 29.3 Å². The molecular weight excluding hydrogens is 369 g/mol. The first-order chi connectivity index (χ1) is 10.9. The number of halogens is 3. The average molecular weight is 386 g/mol. The van der Waals surface area contributed by atoms with Crippen molar-refractivity contribution >= 4 is 27.3 Å². The molecule has 1 N–H and O–H groups in total. The number of carbonyl (C=O) groups excluding carboxylic acids is 1. The minimum atomic E-state index is -4.91. The molecule has 1 aliphatic heterocycles. The summed E-state index contributed by atoms with van der Waals surface area (Å²) in [4.78, 5) is 13.1. The van der Waals surface area contributed by atoms with Crippen LogP contribution in [-0.4, -0.2) is 66.6 Å². The number of aliphatic hydroxyl groups is 1. The Hall–Kier alpha value is -1.17. The summed E-state index contributed by atoms with van der Waals surface area (Å²) in [6.45, 7) is 0.511. The number of alkyl halides is 3. The molecule has 1 saturated heterocycles. The fourth-order valence-corrected chi connectivity index (χ4v) is 4.79. The molecule has 0 spiro atoms. The maximum atomic E-state index is 12.6. The van der Waals surface area contributed by atoms with Gasteiger partial charge in [0.25, 0.3) is 10.0 Å². The number of hydrogen-bond donors (Lipinski definition) is 1. The Morgan fingerprint density at radius 1 is 1.29 bits per heavy atom. The second kappa shape index (κ2) is 6.62. The fourth-order valence-electron chi connectivity index (χ4n) is 2.22. The topological polar surface area (TPSA) is 77.9 Å². The zero-order chi connectivity index (χ0) is 18.2. The number of hydrogen-bond acceptors (Lipinski definition) is 5. The Bertz CT molecular complexity index is 679. The molecule has 1 aliphatic rings. The molecule has 1 atom stereocenters. The summed E-state index contributed by atoms with van der Waals surface area (Å²) >= 11 is 1.07. The highest BCUT2D eigenvalue weighted by atomic mass is 32.2. The molecule has 0 aromatic carbocycles. The van der Waals surface area contributed by atoms with E-state index in [1.54, 1.807) is 11.4 Å². The molecule has 1 fully saturated rings. The van der Waals surface area contributed by atoms with Crippen molar-refractivity contribution in [3.05, 3.63) is 17.5 Å². The number of thiophene rings is 1. The number of rotatable bonds is 4. The van der Waals surface area contributed by atoms with Gasteiger partial charge in [0.2, 0.25) is 5.91 Å². The Morgan fingerprint density at radius 2 is 1.88 bits per heavy atom. The first kappa shape index (κ1) is 19.2. The molecule has 1 amide bonds. The zero-order valence-electron chi connectivity index (χ0n) is 12.8. The highest BCUT2D eigenvalue weighted by Crippen LogP contribution is 2.33. The van der Waals surface area contributed by atoms with Gasteiger partial charge in [-0.3, -0.25) is 4.79 Å².